The Morgan fingerprint density at radius 1 is 1.16 bits per heavy atom. The van der Waals surface area contributed by atoms with E-state index in [-0.39, 0.29) is 0 Å². The second-order valence-corrected chi connectivity index (χ2v) is 4.88. The number of rotatable bonds is 2. The summed E-state index contributed by atoms with van der Waals surface area (Å²) in [5.41, 5.74) is 6.21. The third-order valence-corrected chi connectivity index (χ3v) is 3.39. The van der Waals surface area contributed by atoms with E-state index in [1.807, 2.05) is 6.92 Å². The number of anilines is 1. The lowest BCUT2D eigenvalue weighted by atomic mass is 10.3. The van der Waals surface area contributed by atoms with Gasteiger partial charge in [-0.1, -0.05) is 0 Å². The molecule has 19 heavy (non-hydrogen) atoms. The van der Waals surface area contributed by atoms with Gasteiger partial charge >= 0.3 is 6.18 Å². The number of nitrogens with zero attached hydrogens (tertiary/aromatic N) is 2. The highest BCUT2D eigenvalue weighted by molar-refractivity contribution is 7.99. The van der Waals surface area contributed by atoms with Crippen molar-refractivity contribution < 1.29 is 13.2 Å². The minimum absolute atomic E-state index is 0.452. The van der Waals surface area contributed by atoms with Crippen LogP contribution in [0, 0.1) is 6.92 Å². The lowest BCUT2D eigenvalue weighted by molar-refractivity contribution is -0.137. The van der Waals surface area contributed by atoms with E-state index in [0.29, 0.717) is 15.7 Å². The van der Waals surface area contributed by atoms with Crippen LogP contribution in [0.25, 0.3) is 0 Å². The first kappa shape index (κ1) is 13.7. The Bertz CT molecular complexity index is 582. The predicted octanol–water partition coefficient (Wildman–Crippen LogP) is 3.54. The van der Waals surface area contributed by atoms with Crippen molar-refractivity contribution in [3.8, 4) is 0 Å². The van der Waals surface area contributed by atoms with E-state index in [0.717, 1.165) is 17.8 Å². The standard InChI is InChI=1S/C12H10F3N3S/c1-7-4-9(16)6-18-11(7)19-10-3-2-8(5-17-10)12(13,14)15/h2-6H,16H2,1H3. The van der Waals surface area contributed by atoms with Crippen LogP contribution in [0.3, 0.4) is 0 Å². The molecule has 3 nitrogen and oxygen atoms in total. The Labute approximate surface area is 112 Å². The van der Waals surface area contributed by atoms with Gasteiger partial charge in [-0.2, -0.15) is 13.2 Å². The van der Waals surface area contributed by atoms with Gasteiger partial charge in [-0.05, 0) is 42.4 Å². The maximum atomic E-state index is 12.4. The number of nitrogen functional groups attached to an aromatic ring is 1. The van der Waals surface area contributed by atoms with Gasteiger partial charge in [0.05, 0.1) is 17.4 Å². The van der Waals surface area contributed by atoms with Gasteiger partial charge in [0.15, 0.2) is 0 Å². The fourth-order valence-electron chi connectivity index (χ4n) is 1.40. The SMILES string of the molecule is Cc1cc(N)cnc1Sc1ccc(C(F)(F)F)cn1. The number of hydrogen-bond acceptors (Lipinski definition) is 4. The van der Waals surface area contributed by atoms with Crippen LogP contribution in [0.4, 0.5) is 18.9 Å². The Hall–Kier alpha value is -1.76. The van der Waals surface area contributed by atoms with Crippen molar-refractivity contribution in [3.63, 3.8) is 0 Å². The average molecular weight is 285 g/mol. The van der Waals surface area contributed by atoms with Gasteiger partial charge in [-0.15, -0.1) is 0 Å². The molecule has 2 N–H and O–H groups in total. The van der Waals surface area contributed by atoms with Crippen LogP contribution >= 0.6 is 11.8 Å². The predicted molar refractivity (Wildman–Crippen MR) is 66.7 cm³/mol. The first-order chi connectivity index (χ1) is 8.86. The first-order valence-electron chi connectivity index (χ1n) is 5.29. The fraction of sp³-hybridized carbons (Fsp3) is 0.167. The first-order valence-corrected chi connectivity index (χ1v) is 6.11. The number of nitrogens with two attached hydrogens (primary N) is 1. The van der Waals surface area contributed by atoms with E-state index >= 15 is 0 Å². The largest absolute Gasteiger partial charge is 0.417 e. The van der Waals surface area contributed by atoms with Crippen molar-refractivity contribution in [2.24, 2.45) is 0 Å². The molecule has 2 aromatic heterocycles. The summed E-state index contributed by atoms with van der Waals surface area (Å²) in [6.07, 6.45) is -2.06. The van der Waals surface area contributed by atoms with E-state index in [2.05, 4.69) is 9.97 Å². The van der Waals surface area contributed by atoms with E-state index in [1.165, 1.54) is 24.0 Å². The second-order valence-electron chi connectivity index (χ2n) is 3.88. The molecule has 0 aliphatic carbocycles. The molecule has 0 spiro atoms. The molecule has 0 aliphatic rings. The zero-order chi connectivity index (χ0) is 14.0. The molecule has 0 bridgehead atoms. The molecule has 100 valence electrons. The summed E-state index contributed by atoms with van der Waals surface area (Å²) >= 11 is 1.20. The number of hydrogen-bond donors (Lipinski definition) is 1. The summed E-state index contributed by atoms with van der Waals surface area (Å²) in [5, 5.41) is 1.12. The highest BCUT2D eigenvalue weighted by Gasteiger charge is 2.30. The third-order valence-electron chi connectivity index (χ3n) is 2.32. The van der Waals surface area contributed by atoms with Crippen molar-refractivity contribution in [2.45, 2.75) is 23.2 Å². The molecule has 2 heterocycles. The summed E-state index contributed by atoms with van der Waals surface area (Å²) in [4.78, 5) is 7.90. The Balaban J connectivity index is 2.20. The van der Waals surface area contributed by atoms with Crippen molar-refractivity contribution in [3.05, 3.63) is 41.7 Å². The smallest absolute Gasteiger partial charge is 0.397 e. The lowest BCUT2D eigenvalue weighted by Crippen LogP contribution is -2.05. The zero-order valence-electron chi connectivity index (χ0n) is 9.90. The topological polar surface area (TPSA) is 51.8 Å². The Morgan fingerprint density at radius 2 is 1.89 bits per heavy atom. The van der Waals surface area contributed by atoms with Crippen molar-refractivity contribution in [1.29, 1.82) is 0 Å². The second kappa shape index (κ2) is 5.08. The van der Waals surface area contributed by atoms with Crippen LogP contribution in [0.1, 0.15) is 11.1 Å². The highest BCUT2D eigenvalue weighted by atomic mass is 32.2. The van der Waals surface area contributed by atoms with Gasteiger partial charge in [0.2, 0.25) is 0 Å². The van der Waals surface area contributed by atoms with Crippen LogP contribution < -0.4 is 5.73 Å². The highest BCUT2D eigenvalue weighted by Crippen LogP contribution is 2.32. The molecule has 0 saturated heterocycles. The molecule has 0 aliphatic heterocycles. The minimum atomic E-state index is -4.37. The molecule has 0 saturated carbocycles. The van der Waals surface area contributed by atoms with Gasteiger partial charge in [0.1, 0.15) is 10.1 Å². The monoisotopic (exact) mass is 285 g/mol. The van der Waals surface area contributed by atoms with Gasteiger partial charge in [0.25, 0.3) is 0 Å². The van der Waals surface area contributed by atoms with Crippen LogP contribution in [-0.4, -0.2) is 9.97 Å². The van der Waals surface area contributed by atoms with E-state index in [4.69, 9.17) is 5.73 Å². The summed E-state index contributed by atoms with van der Waals surface area (Å²) in [6, 6.07) is 4.08. The van der Waals surface area contributed by atoms with Gasteiger partial charge in [-0.3, -0.25) is 0 Å². The normalized spacial score (nSPS) is 11.6. The Morgan fingerprint density at radius 3 is 2.42 bits per heavy atom. The van der Waals surface area contributed by atoms with Crippen LogP contribution in [0.2, 0.25) is 0 Å². The molecule has 0 unspecified atom stereocenters. The number of aromatic nitrogens is 2. The molecular weight excluding hydrogens is 275 g/mol. The summed E-state index contributed by atoms with van der Waals surface area (Å²) < 4.78 is 37.1. The molecule has 0 aromatic carbocycles. The average Bonchev–Trinajstić information content (AvgIpc) is 2.32. The van der Waals surface area contributed by atoms with E-state index < -0.39 is 11.7 Å². The summed E-state index contributed by atoms with van der Waals surface area (Å²) in [6.45, 7) is 1.83. The fourth-order valence-corrected chi connectivity index (χ4v) is 2.16. The number of halogens is 3. The molecule has 2 aromatic rings. The number of pyridine rings is 2. The van der Waals surface area contributed by atoms with Gasteiger partial charge < -0.3 is 5.73 Å². The van der Waals surface area contributed by atoms with Crippen molar-refractivity contribution in [2.75, 3.05) is 5.73 Å². The maximum Gasteiger partial charge on any atom is 0.417 e. The quantitative estimate of drug-likeness (QED) is 0.917. The molecular formula is C12H10F3N3S. The Kier molecular flexibility index (Phi) is 3.66. The molecule has 7 heteroatoms. The minimum Gasteiger partial charge on any atom is -0.397 e. The zero-order valence-corrected chi connectivity index (χ0v) is 10.7. The lowest BCUT2D eigenvalue weighted by Gasteiger charge is -2.07. The van der Waals surface area contributed by atoms with Crippen LogP contribution in [0.5, 0.6) is 0 Å². The van der Waals surface area contributed by atoms with Crippen molar-refractivity contribution in [1.82, 2.24) is 9.97 Å². The van der Waals surface area contributed by atoms with Crippen molar-refractivity contribution >= 4 is 17.4 Å². The van der Waals surface area contributed by atoms with E-state index in [9.17, 15) is 13.2 Å². The molecule has 0 amide bonds. The van der Waals surface area contributed by atoms with Gasteiger partial charge in [0, 0.05) is 6.20 Å². The molecule has 2 rings (SSSR count). The van der Waals surface area contributed by atoms with E-state index in [1.54, 1.807) is 6.07 Å². The molecule has 0 atom stereocenters. The maximum absolute atomic E-state index is 12.4. The van der Waals surface area contributed by atoms with Gasteiger partial charge in [-0.25, -0.2) is 9.97 Å². The molecule has 0 fully saturated rings. The number of alkyl halides is 3. The van der Waals surface area contributed by atoms with Crippen LogP contribution in [-0.2, 0) is 6.18 Å². The summed E-state index contributed by atoms with van der Waals surface area (Å²) in [7, 11) is 0. The molecule has 0 radical (unpaired) electrons. The number of aryl methyl sites for hydroxylation is 1. The summed E-state index contributed by atoms with van der Waals surface area (Å²) in [5.74, 6) is 0. The third kappa shape index (κ3) is 3.37. The van der Waals surface area contributed by atoms with Crippen LogP contribution in [0.15, 0.2) is 40.6 Å².